The van der Waals surface area contributed by atoms with Crippen molar-refractivity contribution in [1.82, 2.24) is 10.6 Å². The molecule has 0 heterocycles. The summed E-state index contributed by atoms with van der Waals surface area (Å²) in [6.45, 7) is 0.0515. The number of carbonyl (C=O) groups excluding carboxylic acids is 2. The summed E-state index contributed by atoms with van der Waals surface area (Å²) >= 11 is 2.79. The van der Waals surface area contributed by atoms with E-state index in [2.05, 4.69) is 26.6 Å². The normalized spacial score (nSPS) is 11.1. The summed E-state index contributed by atoms with van der Waals surface area (Å²) in [4.78, 5) is 22.6. The minimum atomic E-state index is -4.54. The van der Waals surface area contributed by atoms with Crippen LogP contribution in [0.1, 0.15) is 22.3 Å². The van der Waals surface area contributed by atoms with Crippen molar-refractivity contribution < 1.29 is 22.8 Å². The predicted molar refractivity (Wildman–Crippen MR) is 70.2 cm³/mol. The SMILES string of the molecule is CNC(=O)CCNC(=O)c1ccc(Br)c(C(F)(F)F)c1. The van der Waals surface area contributed by atoms with Crippen molar-refractivity contribution in [3.8, 4) is 0 Å². The average molecular weight is 353 g/mol. The molecule has 1 aromatic carbocycles. The second-order valence-corrected chi connectivity index (χ2v) is 4.73. The fourth-order valence-corrected chi connectivity index (χ4v) is 1.87. The summed E-state index contributed by atoms with van der Waals surface area (Å²) in [7, 11) is 1.45. The number of hydrogen-bond acceptors (Lipinski definition) is 2. The first-order chi connectivity index (χ1) is 9.25. The van der Waals surface area contributed by atoms with Gasteiger partial charge in [-0.25, -0.2) is 0 Å². The molecule has 1 rings (SSSR count). The van der Waals surface area contributed by atoms with Crippen molar-refractivity contribution >= 4 is 27.7 Å². The Bertz CT molecular complexity index is 518. The minimum Gasteiger partial charge on any atom is -0.359 e. The third-order valence-electron chi connectivity index (χ3n) is 2.45. The van der Waals surface area contributed by atoms with E-state index in [1.807, 2.05) is 0 Å². The van der Waals surface area contributed by atoms with E-state index in [1.54, 1.807) is 0 Å². The summed E-state index contributed by atoms with van der Waals surface area (Å²) in [5.41, 5.74) is -1.03. The van der Waals surface area contributed by atoms with Crippen molar-refractivity contribution in [3.05, 3.63) is 33.8 Å². The zero-order valence-corrected chi connectivity index (χ0v) is 12.1. The first-order valence-corrected chi connectivity index (χ1v) is 6.40. The largest absolute Gasteiger partial charge is 0.417 e. The fraction of sp³-hybridized carbons (Fsp3) is 0.333. The van der Waals surface area contributed by atoms with Crippen LogP contribution in [-0.2, 0) is 11.0 Å². The number of hydrogen-bond donors (Lipinski definition) is 2. The minimum absolute atomic E-state index is 0.0515. The lowest BCUT2D eigenvalue weighted by Crippen LogP contribution is -2.29. The molecule has 0 saturated carbocycles. The first-order valence-electron chi connectivity index (χ1n) is 5.61. The van der Waals surface area contributed by atoms with E-state index in [0.717, 1.165) is 12.1 Å². The third-order valence-corrected chi connectivity index (χ3v) is 3.14. The van der Waals surface area contributed by atoms with Gasteiger partial charge >= 0.3 is 6.18 Å². The van der Waals surface area contributed by atoms with Gasteiger partial charge in [0.25, 0.3) is 5.91 Å². The molecule has 0 aliphatic heterocycles. The van der Waals surface area contributed by atoms with Crippen LogP contribution in [0.15, 0.2) is 22.7 Å². The van der Waals surface area contributed by atoms with Crippen LogP contribution in [0.5, 0.6) is 0 Å². The molecular weight excluding hydrogens is 341 g/mol. The lowest BCUT2D eigenvalue weighted by molar-refractivity contribution is -0.138. The standard InChI is InChI=1S/C12H12BrF3N2O2/c1-17-10(19)4-5-18-11(20)7-2-3-9(13)8(6-7)12(14,15)16/h2-3,6H,4-5H2,1H3,(H,17,19)(H,18,20). The molecule has 0 fully saturated rings. The van der Waals surface area contributed by atoms with Gasteiger partial charge in [0.2, 0.25) is 5.91 Å². The first kappa shape index (κ1) is 16.5. The maximum absolute atomic E-state index is 12.7. The van der Waals surface area contributed by atoms with Gasteiger partial charge in [-0.05, 0) is 18.2 Å². The molecule has 2 N–H and O–H groups in total. The van der Waals surface area contributed by atoms with Gasteiger partial charge in [0.05, 0.1) is 5.56 Å². The Hall–Kier alpha value is -1.57. The number of rotatable bonds is 4. The fourth-order valence-electron chi connectivity index (χ4n) is 1.40. The second kappa shape index (κ2) is 6.74. The maximum Gasteiger partial charge on any atom is 0.417 e. The van der Waals surface area contributed by atoms with Crippen LogP contribution in [0.2, 0.25) is 0 Å². The van der Waals surface area contributed by atoms with Crippen LogP contribution in [0, 0.1) is 0 Å². The molecule has 0 atom stereocenters. The molecule has 0 aromatic heterocycles. The average Bonchev–Trinajstić information content (AvgIpc) is 2.37. The van der Waals surface area contributed by atoms with E-state index in [-0.39, 0.29) is 28.9 Å². The molecule has 0 spiro atoms. The molecule has 0 radical (unpaired) electrons. The number of halogens is 4. The van der Waals surface area contributed by atoms with Crippen LogP contribution < -0.4 is 10.6 Å². The Morgan fingerprint density at radius 1 is 1.30 bits per heavy atom. The molecule has 0 aliphatic rings. The lowest BCUT2D eigenvalue weighted by atomic mass is 10.1. The monoisotopic (exact) mass is 352 g/mol. The molecule has 2 amide bonds. The highest BCUT2D eigenvalue weighted by molar-refractivity contribution is 9.10. The van der Waals surface area contributed by atoms with Gasteiger partial charge in [-0.1, -0.05) is 15.9 Å². The Kier molecular flexibility index (Phi) is 5.55. The molecular formula is C12H12BrF3N2O2. The van der Waals surface area contributed by atoms with Crippen LogP contribution in [0.3, 0.4) is 0 Å². The zero-order valence-electron chi connectivity index (χ0n) is 10.5. The van der Waals surface area contributed by atoms with Crippen molar-refractivity contribution in [2.45, 2.75) is 12.6 Å². The number of benzene rings is 1. The van der Waals surface area contributed by atoms with Crippen molar-refractivity contribution in [2.75, 3.05) is 13.6 Å². The molecule has 20 heavy (non-hydrogen) atoms. The van der Waals surface area contributed by atoms with E-state index < -0.39 is 17.6 Å². The van der Waals surface area contributed by atoms with E-state index in [0.29, 0.717) is 0 Å². The van der Waals surface area contributed by atoms with Crippen molar-refractivity contribution in [3.63, 3.8) is 0 Å². The van der Waals surface area contributed by atoms with E-state index in [1.165, 1.54) is 13.1 Å². The second-order valence-electron chi connectivity index (χ2n) is 3.87. The molecule has 0 bridgehead atoms. The van der Waals surface area contributed by atoms with Crippen molar-refractivity contribution in [1.29, 1.82) is 0 Å². The van der Waals surface area contributed by atoms with Crippen LogP contribution >= 0.6 is 15.9 Å². The van der Waals surface area contributed by atoms with Crippen LogP contribution in [0.25, 0.3) is 0 Å². The number of amides is 2. The molecule has 0 aliphatic carbocycles. The van der Waals surface area contributed by atoms with Gasteiger partial charge in [0, 0.05) is 30.0 Å². The van der Waals surface area contributed by atoms with Gasteiger partial charge in [0.15, 0.2) is 0 Å². The Labute approximate surface area is 121 Å². The predicted octanol–water partition coefficient (Wildman–Crippen LogP) is 2.33. The Balaban J connectivity index is 2.77. The molecule has 8 heteroatoms. The summed E-state index contributed by atoms with van der Waals surface area (Å²) in [6, 6.07) is 3.20. The lowest BCUT2D eigenvalue weighted by Gasteiger charge is -2.11. The molecule has 4 nitrogen and oxygen atoms in total. The quantitative estimate of drug-likeness (QED) is 0.873. The summed E-state index contributed by atoms with van der Waals surface area (Å²) in [6.07, 6.45) is -4.48. The summed E-state index contributed by atoms with van der Waals surface area (Å²) in [5, 5.41) is 4.75. The van der Waals surface area contributed by atoms with Gasteiger partial charge < -0.3 is 10.6 Å². The molecule has 1 aromatic rings. The van der Waals surface area contributed by atoms with Gasteiger partial charge in [-0.2, -0.15) is 13.2 Å². The molecule has 0 unspecified atom stereocenters. The maximum atomic E-state index is 12.7. The number of carbonyl (C=O) groups is 2. The zero-order chi connectivity index (χ0) is 15.3. The highest BCUT2D eigenvalue weighted by Crippen LogP contribution is 2.35. The molecule has 110 valence electrons. The van der Waals surface area contributed by atoms with E-state index in [4.69, 9.17) is 0 Å². The highest BCUT2D eigenvalue weighted by atomic mass is 79.9. The third kappa shape index (κ3) is 4.52. The highest BCUT2D eigenvalue weighted by Gasteiger charge is 2.33. The van der Waals surface area contributed by atoms with E-state index >= 15 is 0 Å². The summed E-state index contributed by atoms with van der Waals surface area (Å²) < 4.78 is 37.9. The Morgan fingerprint density at radius 3 is 2.50 bits per heavy atom. The van der Waals surface area contributed by atoms with Crippen molar-refractivity contribution in [2.24, 2.45) is 0 Å². The number of nitrogens with one attached hydrogen (secondary N) is 2. The van der Waals surface area contributed by atoms with Crippen LogP contribution in [-0.4, -0.2) is 25.4 Å². The van der Waals surface area contributed by atoms with Gasteiger partial charge in [0.1, 0.15) is 0 Å². The van der Waals surface area contributed by atoms with E-state index in [9.17, 15) is 22.8 Å². The van der Waals surface area contributed by atoms with Gasteiger partial charge in [-0.3, -0.25) is 9.59 Å². The number of alkyl halides is 3. The Morgan fingerprint density at radius 2 is 1.95 bits per heavy atom. The summed E-state index contributed by atoms with van der Waals surface area (Å²) in [5.74, 6) is -0.927. The smallest absolute Gasteiger partial charge is 0.359 e. The van der Waals surface area contributed by atoms with Gasteiger partial charge in [-0.15, -0.1) is 0 Å². The molecule has 0 saturated heterocycles. The van der Waals surface area contributed by atoms with Crippen LogP contribution in [0.4, 0.5) is 13.2 Å². The topological polar surface area (TPSA) is 58.2 Å².